The van der Waals surface area contributed by atoms with E-state index in [0.29, 0.717) is 5.69 Å². The highest BCUT2D eigenvalue weighted by molar-refractivity contribution is 6.06. The van der Waals surface area contributed by atoms with E-state index in [4.69, 9.17) is 13.9 Å². The summed E-state index contributed by atoms with van der Waals surface area (Å²) in [5.41, 5.74) is 0.518. The molecule has 0 bridgehead atoms. The first-order valence-corrected chi connectivity index (χ1v) is 10.5. The van der Waals surface area contributed by atoms with Crippen LogP contribution in [0.3, 0.4) is 0 Å². The molecule has 1 amide bonds. The van der Waals surface area contributed by atoms with E-state index < -0.39 is 16.8 Å². The van der Waals surface area contributed by atoms with Gasteiger partial charge in [-0.3, -0.25) is 14.9 Å². The molecule has 2 aromatic carbocycles. The highest BCUT2D eigenvalue weighted by Crippen LogP contribution is 2.27. The summed E-state index contributed by atoms with van der Waals surface area (Å²) in [7, 11) is 0. The first kappa shape index (κ1) is 23.2. The van der Waals surface area contributed by atoms with Crippen LogP contribution < -0.4 is 10.1 Å². The number of amides is 1. The van der Waals surface area contributed by atoms with Gasteiger partial charge in [-0.15, -0.1) is 0 Å². The number of nitrogens with one attached hydrogen (secondary N) is 1. The third kappa shape index (κ3) is 5.19. The standard InChI is InChI=1S/C24H20N4O7/c1-2-33-24(30)18-14-25-27(16-8-4-3-5-9-16)22(18)26-23(29)21-13-12-17(35-21)15-34-20-11-7-6-10-19(20)28(31)32/h3-14H,2,15H2,1H3,(H,26,29). The molecule has 0 saturated heterocycles. The molecule has 0 aliphatic carbocycles. The highest BCUT2D eigenvalue weighted by atomic mass is 16.6. The van der Waals surface area contributed by atoms with Crippen LogP contribution in [0.2, 0.25) is 0 Å². The SMILES string of the molecule is CCOC(=O)c1cnn(-c2ccccc2)c1NC(=O)c1ccc(COc2ccccc2[N+](=O)[O-])o1. The number of esters is 1. The third-order valence-corrected chi connectivity index (χ3v) is 4.81. The number of nitro benzene ring substituents is 1. The molecule has 4 aromatic rings. The Morgan fingerprint density at radius 1 is 1.09 bits per heavy atom. The minimum absolute atomic E-state index is 0.0539. The van der Waals surface area contributed by atoms with Crippen molar-refractivity contribution in [2.75, 3.05) is 11.9 Å². The minimum atomic E-state index is -0.636. The molecule has 0 spiro atoms. The van der Waals surface area contributed by atoms with Crippen molar-refractivity contribution in [3.8, 4) is 11.4 Å². The number of ether oxygens (including phenoxy) is 2. The van der Waals surface area contributed by atoms with Gasteiger partial charge >= 0.3 is 11.7 Å². The van der Waals surface area contributed by atoms with Crippen LogP contribution in [0.25, 0.3) is 5.69 Å². The lowest BCUT2D eigenvalue weighted by atomic mass is 10.3. The maximum Gasteiger partial charge on any atom is 0.343 e. The molecule has 0 aliphatic rings. The number of rotatable bonds is 9. The zero-order valence-electron chi connectivity index (χ0n) is 18.5. The second-order valence-corrected chi connectivity index (χ2v) is 7.11. The van der Waals surface area contributed by atoms with Crippen LogP contribution in [0.1, 0.15) is 33.6 Å². The van der Waals surface area contributed by atoms with Crippen molar-refractivity contribution in [1.82, 2.24) is 9.78 Å². The zero-order valence-corrected chi connectivity index (χ0v) is 18.5. The van der Waals surface area contributed by atoms with Crippen molar-refractivity contribution < 1.29 is 28.4 Å². The smallest absolute Gasteiger partial charge is 0.343 e. The Labute approximate surface area is 199 Å². The van der Waals surface area contributed by atoms with E-state index in [2.05, 4.69) is 10.4 Å². The summed E-state index contributed by atoms with van der Waals surface area (Å²) in [4.78, 5) is 35.9. The largest absolute Gasteiger partial charge is 0.479 e. The normalized spacial score (nSPS) is 10.5. The predicted molar refractivity (Wildman–Crippen MR) is 124 cm³/mol. The van der Waals surface area contributed by atoms with Crippen LogP contribution in [-0.4, -0.2) is 33.2 Å². The average Bonchev–Trinajstić information content (AvgIpc) is 3.51. The van der Waals surface area contributed by atoms with Gasteiger partial charge in [0.15, 0.2) is 17.3 Å². The van der Waals surface area contributed by atoms with Crippen molar-refractivity contribution in [2.45, 2.75) is 13.5 Å². The summed E-state index contributed by atoms with van der Waals surface area (Å²) in [6.07, 6.45) is 1.31. The number of aromatic nitrogens is 2. The molecular formula is C24H20N4O7. The van der Waals surface area contributed by atoms with Gasteiger partial charge in [0.2, 0.25) is 0 Å². The fraction of sp³-hybridized carbons (Fsp3) is 0.125. The van der Waals surface area contributed by atoms with Gasteiger partial charge in [-0.2, -0.15) is 5.10 Å². The monoisotopic (exact) mass is 476 g/mol. The van der Waals surface area contributed by atoms with E-state index in [1.54, 1.807) is 37.3 Å². The van der Waals surface area contributed by atoms with Crippen molar-refractivity contribution in [3.63, 3.8) is 0 Å². The van der Waals surface area contributed by atoms with E-state index in [1.165, 1.54) is 41.2 Å². The van der Waals surface area contributed by atoms with Crippen LogP contribution in [0.4, 0.5) is 11.5 Å². The molecule has 178 valence electrons. The first-order valence-electron chi connectivity index (χ1n) is 10.5. The summed E-state index contributed by atoms with van der Waals surface area (Å²) in [5, 5.41) is 18.0. The van der Waals surface area contributed by atoms with E-state index in [-0.39, 0.29) is 47.6 Å². The molecule has 11 nitrogen and oxygen atoms in total. The molecule has 0 radical (unpaired) electrons. The van der Waals surface area contributed by atoms with Gasteiger partial charge in [0.1, 0.15) is 17.9 Å². The Balaban J connectivity index is 1.53. The van der Waals surface area contributed by atoms with Gasteiger partial charge in [0.25, 0.3) is 5.91 Å². The molecule has 1 N–H and O–H groups in total. The number of anilines is 1. The van der Waals surface area contributed by atoms with Crippen LogP contribution in [-0.2, 0) is 11.3 Å². The molecule has 0 fully saturated rings. The maximum absolute atomic E-state index is 12.9. The zero-order chi connectivity index (χ0) is 24.8. The average molecular weight is 476 g/mol. The van der Waals surface area contributed by atoms with Gasteiger partial charge in [0, 0.05) is 6.07 Å². The second-order valence-electron chi connectivity index (χ2n) is 7.11. The lowest BCUT2D eigenvalue weighted by Crippen LogP contribution is -2.17. The summed E-state index contributed by atoms with van der Waals surface area (Å²) >= 11 is 0. The molecule has 0 atom stereocenters. The summed E-state index contributed by atoms with van der Waals surface area (Å²) < 4.78 is 17.5. The fourth-order valence-corrected chi connectivity index (χ4v) is 3.22. The van der Waals surface area contributed by atoms with Gasteiger partial charge < -0.3 is 19.2 Å². The number of carbonyl (C=O) groups excluding carboxylic acids is 2. The van der Waals surface area contributed by atoms with Gasteiger partial charge in [0.05, 0.1) is 23.4 Å². The summed E-state index contributed by atoms with van der Waals surface area (Å²) in [6, 6.07) is 17.8. The third-order valence-electron chi connectivity index (χ3n) is 4.81. The molecule has 11 heteroatoms. The Morgan fingerprint density at radius 3 is 2.57 bits per heavy atom. The lowest BCUT2D eigenvalue weighted by Gasteiger charge is -2.10. The number of carbonyl (C=O) groups is 2. The van der Waals surface area contributed by atoms with Gasteiger partial charge in [-0.1, -0.05) is 30.3 Å². The number of nitrogens with zero attached hydrogens (tertiary/aromatic N) is 3. The molecule has 2 heterocycles. The molecule has 0 aliphatic heterocycles. The quantitative estimate of drug-likeness (QED) is 0.213. The molecule has 4 rings (SSSR count). The van der Waals surface area contributed by atoms with E-state index in [9.17, 15) is 19.7 Å². The van der Waals surface area contributed by atoms with Gasteiger partial charge in [-0.25, -0.2) is 9.48 Å². The number of benzene rings is 2. The van der Waals surface area contributed by atoms with Crippen LogP contribution >= 0.6 is 0 Å². The maximum atomic E-state index is 12.9. The highest BCUT2D eigenvalue weighted by Gasteiger charge is 2.23. The number of furan rings is 1. The van der Waals surface area contributed by atoms with Crippen molar-refractivity contribution in [1.29, 1.82) is 0 Å². The van der Waals surface area contributed by atoms with E-state index >= 15 is 0 Å². The molecule has 0 saturated carbocycles. The van der Waals surface area contributed by atoms with Crippen LogP contribution in [0, 0.1) is 10.1 Å². The molecule has 0 unspecified atom stereocenters. The number of hydrogen-bond acceptors (Lipinski definition) is 8. The topological polar surface area (TPSA) is 139 Å². The first-order chi connectivity index (χ1) is 17.0. The van der Waals surface area contributed by atoms with Gasteiger partial charge in [-0.05, 0) is 37.3 Å². The lowest BCUT2D eigenvalue weighted by molar-refractivity contribution is -0.386. The van der Waals surface area contributed by atoms with Crippen LogP contribution in [0.15, 0.2) is 77.3 Å². The Morgan fingerprint density at radius 2 is 1.83 bits per heavy atom. The van der Waals surface area contributed by atoms with Crippen molar-refractivity contribution in [2.24, 2.45) is 0 Å². The molecule has 35 heavy (non-hydrogen) atoms. The Kier molecular flexibility index (Phi) is 6.86. The summed E-state index contributed by atoms with van der Waals surface area (Å²) in [6.45, 7) is 1.70. The van der Waals surface area contributed by atoms with Crippen molar-refractivity contribution in [3.05, 3.63) is 100 Å². The Bertz CT molecular complexity index is 1360. The summed E-state index contributed by atoms with van der Waals surface area (Å²) in [5.74, 6) is -0.857. The fourth-order valence-electron chi connectivity index (χ4n) is 3.22. The van der Waals surface area contributed by atoms with E-state index in [1.807, 2.05) is 6.07 Å². The van der Waals surface area contributed by atoms with Crippen molar-refractivity contribution >= 4 is 23.4 Å². The predicted octanol–water partition coefficient (Wildman–Crippen LogP) is 4.38. The minimum Gasteiger partial charge on any atom is -0.479 e. The second kappa shape index (κ2) is 10.3. The number of para-hydroxylation sites is 3. The number of nitro groups is 1. The molecular weight excluding hydrogens is 456 g/mol. The van der Waals surface area contributed by atoms with E-state index in [0.717, 1.165) is 0 Å². The number of hydrogen-bond donors (Lipinski definition) is 1. The molecule has 2 aromatic heterocycles. The van der Waals surface area contributed by atoms with Crippen LogP contribution in [0.5, 0.6) is 5.75 Å². The Hall–Kier alpha value is -4.93.